The molecule has 1 rings (SSSR count). The third-order valence-corrected chi connectivity index (χ3v) is 2.70. The predicted molar refractivity (Wildman–Crippen MR) is 71.1 cm³/mol. The van der Waals surface area contributed by atoms with E-state index in [1.807, 2.05) is 32.9 Å². The van der Waals surface area contributed by atoms with Crippen molar-refractivity contribution in [2.45, 2.75) is 39.7 Å². The molecule has 1 aromatic carbocycles. The Morgan fingerprint density at radius 1 is 1.29 bits per heavy atom. The maximum atomic E-state index is 12.0. The molecule has 0 aliphatic carbocycles. The number of benzene rings is 1. The molecule has 0 saturated heterocycles. The van der Waals surface area contributed by atoms with Crippen LogP contribution in [0.25, 0.3) is 0 Å². The second kappa shape index (κ2) is 6.40. The summed E-state index contributed by atoms with van der Waals surface area (Å²) in [6.07, 6.45) is 1.86. The number of rotatable bonds is 5. The van der Waals surface area contributed by atoms with Gasteiger partial charge in [0.25, 0.3) is 5.91 Å². The lowest BCUT2D eigenvalue weighted by Gasteiger charge is -2.14. The average Bonchev–Trinajstić information content (AvgIpc) is 2.25. The minimum Gasteiger partial charge on any atom is -0.350 e. The van der Waals surface area contributed by atoms with Crippen LogP contribution >= 0.6 is 0 Å². The Hall–Kier alpha value is -1.35. The molecule has 94 valence electrons. The zero-order chi connectivity index (χ0) is 12.8. The lowest BCUT2D eigenvalue weighted by Crippen LogP contribution is -2.33. The van der Waals surface area contributed by atoms with Crippen LogP contribution in [0.4, 0.5) is 0 Å². The Kier molecular flexibility index (Phi) is 5.16. The molecule has 1 atom stereocenters. The summed E-state index contributed by atoms with van der Waals surface area (Å²) in [4.78, 5) is 12.0. The van der Waals surface area contributed by atoms with Gasteiger partial charge in [-0.1, -0.05) is 17.2 Å². The van der Waals surface area contributed by atoms with Crippen molar-refractivity contribution < 1.29 is 4.79 Å². The number of aryl methyl sites for hydroxylation is 2. The highest BCUT2D eigenvalue weighted by molar-refractivity contribution is 5.94. The van der Waals surface area contributed by atoms with Crippen LogP contribution in [-0.4, -0.2) is 18.5 Å². The molecule has 17 heavy (non-hydrogen) atoms. The molecule has 0 heterocycles. The number of hydrogen-bond acceptors (Lipinski definition) is 2. The van der Waals surface area contributed by atoms with E-state index in [0.717, 1.165) is 29.5 Å². The summed E-state index contributed by atoms with van der Waals surface area (Å²) in [6.45, 7) is 6.68. The normalized spacial score (nSPS) is 12.2. The van der Waals surface area contributed by atoms with E-state index >= 15 is 0 Å². The van der Waals surface area contributed by atoms with Gasteiger partial charge in [-0.3, -0.25) is 4.79 Å². The van der Waals surface area contributed by atoms with E-state index < -0.39 is 0 Å². The number of nitrogens with one attached hydrogen (secondary N) is 1. The summed E-state index contributed by atoms with van der Waals surface area (Å²) in [6, 6.07) is 6.07. The summed E-state index contributed by atoms with van der Waals surface area (Å²) in [7, 11) is 0. The van der Waals surface area contributed by atoms with E-state index in [4.69, 9.17) is 5.73 Å². The number of nitrogens with two attached hydrogens (primary N) is 1. The molecule has 0 aliphatic rings. The van der Waals surface area contributed by atoms with Crippen LogP contribution < -0.4 is 11.1 Å². The Bertz CT molecular complexity index is 368. The highest BCUT2D eigenvalue weighted by Gasteiger charge is 2.09. The highest BCUT2D eigenvalue weighted by atomic mass is 16.1. The number of amides is 1. The Morgan fingerprint density at radius 3 is 2.41 bits per heavy atom. The van der Waals surface area contributed by atoms with Crippen LogP contribution in [0.2, 0.25) is 0 Å². The van der Waals surface area contributed by atoms with Crippen LogP contribution in [-0.2, 0) is 0 Å². The minimum atomic E-state index is 0.00122. The van der Waals surface area contributed by atoms with Gasteiger partial charge in [-0.2, -0.15) is 0 Å². The number of carbonyl (C=O) groups is 1. The van der Waals surface area contributed by atoms with E-state index in [1.54, 1.807) is 0 Å². The van der Waals surface area contributed by atoms with Gasteiger partial charge in [-0.05, 0) is 52.3 Å². The molecule has 0 aromatic heterocycles. The van der Waals surface area contributed by atoms with E-state index in [9.17, 15) is 4.79 Å². The van der Waals surface area contributed by atoms with Gasteiger partial charge in [0.05, 0.1) is 0 Å². The first-order chi connectivity index (χ1) is 8.02. The zero-order valence-electron chi connectivity index (χ0n) is 10.9. The SMILES string of the molecule is Cc1cc(C)cc(C(=O)NC(C)CCCN)c1. The Labute approximate surface area is 103 Å². The Morgan fingerprint density at radius 2 is 1.88 bits per heavy atom. The van der Waals surface area contributed by atoms with Crippen LogP contribution in [0.3, 0.4) is 0 Å². The minimum absolute atomic E-state index is 0.00122. The van der Waals surface area contributed by atoms with E-state index in [2.05, 4.69) is 11.4 Å². The molecule has 1 aromatic rings. The molecule has 0 aliphatic heterocycles. The Balaban J connectivity index is 2.63. The molecule has 3 heteroatoms. The second-order valence-corrected chi connectivity index (χ2v) is 4.68. The first kappa shape index (κ1) is 13.7. The van der Waals surface area contributed by atoms with Crippen LogP contribution in [0.15, 0.2) is 18.2 Å². The molecule has 1 unspecified atom stereocenters. The molecular formula is C14H22N2O. The first-order valence-corrected chi connectivity index (χ1v) is 6.12. The molecular weight excluding hydrogens is 212 g/mol. The predicted octanol–water partition coefficient (Wildman–Crippen LogP) is 2.16. The molecule has 0 saturated carbocycles. The monoisotopic (exact) mass is 234 g/mol. The van der Waals surface area contributed by atoms with Crippen molar-refractivity contribution in [3.05, 3.63) is 34.9 Å². The summed E-state index contributed by atoms with van der Waals surface area (Å²) < 4.78 is 0. The second-order valence-electron chi connectivity index (χ2n) is 4.68. The fraction of sp³-hybridized carbons (Fsp3) is 0.500. The molecule has 1 amide bonds. The summed E-state index contributed by atoms with van der Waals surface area (Å²) >= 11 is 0. The maximum absolute atomic E-state index is 12.0. The quantitative estimate of drug-likeness (QED) is 0.820. The lowest BCUT2D eigenvalue weighted by atomic mass is 10.1. The number of carbonyl (C=O) groups excluding carboxylic acids is 1. The molecule has 0 bridgehead atoms. The maximum Gasteiger partial charge on any atom is 0.251 e. The molecule has 0 fully saturated rings. The van der Waals surface area contributed by atoms with Crippen molar-refractivity contribution in [2.75, 3.05) is 6.54 Å². The summed E-state index contributed by atoms with van der Waals surface area (Å²) in [5.41, 5.74) is 8.41. The van der Waals surface area contributed by atoms with E-state index in [1.165, 1.54) is 0 Å². The van der Waals surface area contributed by atoms with Crippen molar-refractivity contribution in [1.82, 2.24) is 5.32 Å². The van der Waals surface area contributed by atoms with Gasteiger partial charge in [0.15, 0.2) is 0 Å². The lowest BCUT2D eigenvalue weighted by molar-refractivity contribution is 0.0938. The fourth-order valence-corrected chi connectivity index (χ4v) is 1.91. The van der Waals surface area contributed by atoms with Gasteiger partial charge in [0.2, 0.25) is 0 Å². The standard InChI is InChI=1S/C14H22N2O/c1-10-7-11(2)9-13(8-10)14(17)16-12(3)5-4-6-15/h7-9,12H,4-6,15H2,1-3H3,(H,16,17). The van der Waals surface area contributed by atoms with E-state index in [0.29, 0.717) is 6.54 Å². The van der Waals surface area contributed by atoms with Gasteiger partial charge in [-0.15, -0.1) is 0 Å². The largest absolute Gasteiger partial charge is 0.350 e. The smallest absolute Gasteiger partial charge is 0.251 e. The zero-order valence-corrected chi connectivity index (χ0v) is 10.9. The third-order valence-electron chi connectivity index (χ3n) is 2.70. The summed E-state index contributed by atoms with van der Waals surface area (Å²) in [5, 5.41) is 2.99. The molecule has 3 N–H and O–H groups in total. The first-order valence-electron chi connectivity index (χ1n) is 6.12. The third kappa shape index (κ3) is 4.57. The van der Waals surface area contributed by atoms with Crippen LogP contribution in [0, 0.1) is 13.8 Å². The topological polar surface area (TPSA) is 55.1 Å². The van der Waals surface area contributed by atoms with E-state index in [-0.39, 0.29) is 11.9 Å². The highest BCUT2D eigenvalue weighted by Crippen LogP contribution is 2.09. The van der Waals surface area contributed by atoms with Crippen LogP contribution in [0.1, 0.15) is 41.3 Å². The van der Waals surface area contributed by atoms with Gasteiger partial charge >= 0.3 is 0 Å². The van der Waals surface area contributed by atoms with Crippen molar-refractivity contribution in [3.8, 4) is 0 Å². The van der Waals surface area contributed by atoms with Crippen molar-refractivity contribution in [1.29, 1.82) is 0 Å². The molecule has 3 nitrogen and oxygen atoms in total. The van der Waals surface area contributed by atoms with Crippen LogP contribution in [0.5, 0.6) is 0 Å². The van der Waals surface area contributed by atoms with Crippen molar-refractivity contribution >= 4 is 5.91 Å². The van der Waals surface area contributed by atoms with Gasteiger partial charge in [-0.25, -0.2) is 0 Å². The summed E-state index contributed by atoms with van der Waals surface area (Å²) in [5.74, 6) is 0.00122. The average molecular weight is 234 g/mol. The molecule has 0 radical (unpaired) electrons. The van der Waals surface area contributed by atoms with Gasteiger partial charge < -0.3 is 11.1 Å². The van der Waals surface area contributed by atoms with Gasteiger partial charge in [0.1, 0.15) is 0 Å². The van der Waals surface area contributed by atoms with Crippen molar-refractivity contribution in [2.24, 2.45) is 5.73 Å². The molecule has 0 spiro atoms. The number of hydrogen-bond donors (Lipinski definition) is 2. The van der Waals surface area contributed by atoms with Crippen molar-refractivity contribution in [3.63, 3.8) is 0 Å². The fourth-order valence-electron chi connectivity index (χ4n) is 1.91. The van der Waals surface area contributed by atoms with Gasteiger partial charge in [0, 0.05) is 11.6 Å².